The molecule has 1 fully saturated rings. The number of benzene rings is 1. The molecule has 0 radical (unpaired) electrons. The molecule has 1 atom stereocenters. The molecule has 31 heavy (non-hydrogen) atoms. The minimum absolute atomic E-state index is 0. The van der Waals surface area contributed by atoms with Crippen molar-refractivity contribution in [1.82, 2.24) is 20.4 Å². The summed E-state index contributed by atoms with van der Waals surface area (Å²) in [4.78, 5) is 9.53. The highest BCUT2D eigenvalue weighted by atomic mass is 127. The number of aliphatic imine (C=N–C) groups is 1. The van der Waals surface area contributed by atoms with E-state index in [-0.39, 0.29) is 30.0 Å². The maximum atomic E-state index is 5.57. The van der Waals surface area contributed by atoms with Gasteiger partial charge >= 0.3 is 0 Å². The molecule has 0 spiro atoms. The SMILES string of the molecule is CCNC(=NCC(c1ccc(OC)c(OC)c1)N1CCOCC1)NCCCN(C)C.I. The van der Waals surface area contributed by atoms with Crippen LogP contribution in [0.15, 0.2) is 23.2 Å². The number of halogens is 1. The van der Waals surface area contributed by atoms with E-state index < -0.39 is 0 Å². The minimum Gasteiger partial charge on any atom is -0.493 e. The van der Waals surface area contributed by atoms with E-state index in [4.69, 9.17) is 19.2 Å². The number of nitrogens with zero attached hydrogens (tertiary/aromatic N) is 3. The van der Waals surface area contributed by atoms with E-state index in [1.165, 1.54) is 5.56 Å². The van der Waals surface area contributed by atoms with Gasteiger partial charge in [-0.25, -0.2) is 0 Å². The van der Waals surface area contributed by atoms with Crippen LogP contribution < -0.4 is 20.1 Å². The van der Waals surface area contributed by atoms with E-state index in [9.17, 15) is 0 Å². The second kappa shape index (κ2) is 15.5. The topological polar surface area (TPSA) is 70.6 Å². The number of guanidine groups is 1. The van der Waals surface area contributed by atoms with Gasteiger partial charge in [-0.1, -0.05) is 6.07 Å². The van der Waals surface area contributed by atoms with E-state index in [0.29, 0.717) is 6.54 Å². The molecule has 0 amide bonds. The highest BCUT2D eigenvalue weighted by Gasteiger charge is 2.24. The van der Waals surface area contributed by atoms with E-state index >= 15 is 0 Å². The molecule has 1 heterocycles. The van der Waals surface area contributed by atoms with E-state index in [2.05, 4.69) is 53.6 Å². The van der Waals surface area contributed by atoms with Gasteiger partial charge in [-0.05, 0) is 51.7 Å². The van der Waals surface area contributed by atoms with Crippen molar-refractivity contribution in [3.63, 3.8) is 0 Å². The van der Waals surface area contributed by atoms with Gasteiger partial charge in [0.25, 0.3) is 0 Å². The standard InChI is InChI=1S/C22H39N5O3.HI/c1-6-23-22(24-10-7-11-26(2)3)25-17-19(27-12-14-30-15-13-27)18-8-9-20(28-4)21(16-18)29-5;/h8-9,16,19H,6-7,10-15,17H2,1-5H3,(H2,23,24,25);1H. The highest BCUT2D eigenvalue weighted by molar-refractivity contribution is 14.0. The summed E-state index contributed by atoms with van der Waals surface area (Å²) < 4.78 is 16.5. The largest absolute Gasteiger partial charge is 0.493 e. The number of methoxy groups -OCH3 is 2. The third kappa shape index (κ3) is 9.38. The van der Waals surface area contributed by atoms with Crippen LogP contribution in [0.25, 0.3) is 0 Å². The monoisotopic (exact) mass is 549 g/mol. The Labute approximate surface area is 204 Å². The van der Waals surface area contributed by atoms with Crippen LogP contribution in [-0.4, -0.2) is 96.6 Å². The van der Waals surface area contributed by atoms with Crippen LogP contribution in [0.2, 0.25) is 0 Å². The van der Waals surface area contributed by atoms with Crippen molar-refractivity contribution in [3.8, 4) is 11.5 Å². The number of ether oxygens (including phenoxy) is 3. The Balaban J connectivity index is 0.00000480. The van der Waals surface area contributed by atoms with Gasteiger partial charge in [0, 0.05) is 26.2 Å². The fraction of sp³-hybridized carbons (Fsp3) is 0.682. The third-order valence-electron chi connectivity index (χ3n) is 5.12. The fourth-order valence-corrected chi connectivity index (χ4v) is 3.50. The Morgan fingerprint density at radius 2 is 1.87 bits per heavy atom. The zero-order chi connectivity index (χ0) is 21.8. The summed E-state index contributed by atoms with van der Waals surface area (Å²) in [7, 11) is 7.51. The third-order valence-corrected chi connectivity index (χ3v) is 5.12. The van der Waals surface area contributed by atoms with E-state index in [1.54, 1.807) is 14.2 Å². The lowest BCUT2D eigenvalue weighted by Crippen LogP contribution is -2.42. The maximum Gasteiger partial charge on any atom is 0.191 e. The van der Waals surface area contributed by atoms with Crippen molar-refractivity contribution >= 4 is 29.9 Å². The summed E-state index contributed by atoms with van der Waals surface area (Å²) >= 11 is 0. The average molecular weight is 549 g/mol. The fourth-order valence-electron chi connectivity index (χ4n) is 3.50. The first kappa shape index (κ1) is 27.7. The first-order chi connectivity index (χ1) is 14.6. The maximum absolute atomic E-state index is 5.57. The van der Waals surface area contributed by atoms with Crippen molar-refractivity contribution < 1.29 is 14.2 Å². The van der Waals surface area contributed by atoms with Crippen LogP contribution in [-0.2, 0) is 4.74 Å². The summed E-state index contributed by atoms with van der Waals surface area (Å²) in [6, 6.07) is 6.28. The number of morpholine rings is 1. The summed E-state index contributed by atoms with van der Waals surface area (Å²) in [5, 5.41) is 6.81. The second-order valence-electron chi connectivity index (χ2n) is 7.58. The minimum atomic E-state index is 0. The van der Waals surface area contributed by atoms with Gasteiger partial charge in [0.05, 0.1) is 40.0 Å². The molecular formula is C22H40IN5O3. The molecule has 1 aliphatic heterocycles. The number of nitrogens with one attached hydrogen (secondary N) is 2. The number of rotatable bonds is 11. The molecule has 1 aromatic carbocycles. The second-order valence-corrected chi connectivity index (χ2v) is 7.58. The summed E-state index contributed by atoms with van der Waals surface area (Å²) in [6.07, 6.45) is 1.07. The molecule has 2 rings (SSSR count). The Kier molecular flexibility index (Phi) is 13.9. The van der Waals surface area contributed by atoms with Gasteiger partial charge in [-0.15, -0.1) is 24.0 Å². The molecule has 1 saturated heterocycles. The van der Waals surface area contributed by atoms with E-state index in [1.807, 2.05) is 6.07 Å². The van der Waals surface area contributed by atoms with Crippen LogP contribution in [0.3, 0.4) is 0 Å². The predicted molar refractivity (Wildman–Crippen MR) is 137 cm³/mol. The van der Waals surface area contributed by atoms with Gasteiger partial charge in [0.15, 0.2) is 17.5 Å². The number of hydrogen-bond acceptors (Lipinski definition) is 6. The molecule has 0 aliphatic carbocycles. The molecule has 1 aromatic rings. The first-order valence-corrected chi connectivity index (χ1v) is 10.8. The molecular weight excluding hydrogens is 509 g/mol. The molecule has 9 heteroatoms. The molecule has 1 aliphatic rings. The lowest BCUT2D eigenvalue weighted by atomic mass is 10.0. The Hall–Kier alpha value is -1.30. The lowest BCUT2D eigenvalue weighted by Gasteiger charge is -2.34. The van der Waals surface area contributed by atoms with E-state index in [0.717, 1.165) is 69.8 Å². The van der Waals surface area contributed by atoms with Crippen LogP contribution in [0.1, 0.15) is 24.9 Å². The Morgan fingerprint density at radius 1 is 1.16 bits per heavy atom. The zero-order valence-electron chi connectivity index (χ0n) is 19.6. The lowest BCUT2D eigenvalue weighted by molar-refractivity contribution is 0.0179. The smallest absolute Gasteiger partial charge is 0.191 e. The molecule has 178 valence electrons. The quantitative estimate of drug-likeness (QED) is 0.190. The zero-order valence-corrected chi connectivity index (χ0v) is 22.0. The van der Waals surface area contributed by atoms with Crippen molar-refractivity contribution in [2.75, 3.05) is 80.8 Å². The van der Waals surface area contributed by atoms with Crippen molar-refractivity contribution in [3.05, 3.63) is 23.8 Å². The van der Waals surface area contributed by atoms with Crippen LogP contribution >= 0.6 is 24.0 Å². The van der Waals surface area contributed by atoms with Gasteiger partial charge in [0.1, 0.15) is 0 Å². The Morgan fingerprint density at radius 3 is 2.48 bits per heavy atom. The van der Waals surface area contributed by atoms with Gasteiger partial charge in [-0.2, -0.15) is 0 Å². The highest BCUT2D eigenvalue weighted by Crippen LogP contribution is 2.32. The summed E-state index contributed by atoms with van der Waals surface area (Å²) in [6.45, 7) is 8.79. The van der Waals surface area contributed by atoms with Gasteiger partial charge in [-0.3, -0.25) is 9.89 Å². The molecule has 0 saturated carbocycles. The molecule has 8 nitrogen and oxygen atoms in total. The van der Waals surface area contributed by atoms with Crippen molar-refractivity contribution in [1.29, 1.82) is 0 Å². The van der Waals surface area contributed by atoms with Gasteiger partial charge in [0.2, 0.25) is 0 Å². The van der Waals surface area contributed by atoms with Crippen molar-refractivity contribution in [2.24, 2.45) is 4.99 Å². The van der Waals surface area contributed by atoms with Crippen LogP contribution in [0.5, 0.6) is 11.5 Å². The van der Waals surface area contributed by atoms with Crippen molar-refractivity contribution in [2.45, 2.75) is 19.4 Å². The van der Waals surface area contributed by atoms with Gasteiger partial charge < -0.3 is 29.7 Å². The average Bonchev–Trinajstić information content (AvgIpc) is 2.77. The molecule has 0 bridgehead atoms. The van der Waals surface area contributed by atoms with Crippen LogP contribution in [0.4, 0.5) is 0 Å². The molecule has 0 aromatic heterocycles. The summed E-state index contributed by atoms with van der Waals surface area (Å²) in [5.41, 5.74) is 1.17. The molecule has 2 N–H and O–H groups in total. The number of hydrogen-bond donors (Lipinski definition) is 2. The molecule has 1 unspecified atom stereocenters. The normalized spacial score (nSPS) is 15.9. The Bertz CT molecular complexity index is 654. The van der Waals surface area contributed by atoms with Crippen LogP contribution in [0, 0.1) is 0 Å². The predicted octanol–water partition coefficient (Wildman–Crippen LogP) is 2.20. The first-order valence-electron chi connectivity index (χ1n) is 10.8. The summed E-state index contributed by atoms with van der Waals surface area (Å²) in [5.74, 6) is 2.34.